The SMILES string of the molecule is CCCNC(=S)N1CCN(Cc2cccnc2)CC1. The van der Waals surface area contributed by atoms with Crippen molar-refractivity contribution in [1.29, 1.82) is 0 Å². The quantitative estimate of drug-likeness (QED) is 0.843. The fraction of sp³-hybridized carbons (Fsp3) is 0.571. The van der Waals surface area contributed by atoms with Crippen LogP contribution in [-0.2, 0) is 6.54 Å². The molecule has 1 aliphatic rings. The maximum Gasteiger partial charge on any atom is 0.169 e. The largest absolute Gasteiger partial charge is 0.363 e. The summed E-state index contributed by atoms with van der Waals surface area (Å²) < 4.78 is 0. The van der Waals surface area contributed by atoms with Gasteiger partial charge in [-0.1, -0.05) is 13.0 Å². The van der Waals surface area contributed by atoms with E-state index in [-0.39, 0.29) is 0 Å². The van der Waals surface area contributed by atoms with Crippen molar-refractivity contribution < 1.29 is 0 Å². The summed E-state index contributed by atoms with van der Waals surface area (Å²) in [6.45, 7) is 8.24. The van der Waals surface area contributed by atoms with Crippen LogP contribution >= 0.6 is 12.2 Å². The highest BCUT2D eigenvalue weighted by Crippen LogP contribution is 2.07. The molecule has 104 valence electrons. The van der Waals surface area contributed by atoms with Gasteiger partial charge in [0.2, 0.25) is 0 Å². The first-order valence-corrected chi connectivity index (χ1v) is 7.34. The fourth-order valence-electron chi connectivity index (χ4n) is 2.20. The van der Waals surface area contributed by atoms with Gasteiger partial charge in [0.05, 0.1) is 0 Å². The Morgan fingerprint density at radius 3 is 2.79 bits per heavy atom. The Bertz CT molecular complexity index is 388. The van der Waals surface area contributed by atoms with Gasteiger partial charge < -0.3 is 10.2 Å². The summed E-state index contributed by atoms with van der Waals surface area (Å²) in [6, 6.07) is 4.13. The first-order valence-electron chi connectivity index (χ1n) is 6.93. The molecule has 5 heteroatoms. The molecular formula is C14H22N4S. The molecule has 2 rings (SSSR count). The minimum Gasteiger partial charge on any atom is -0.363 e. The molecule has 0 unspecified atom stereocenters. The van der Waals surface area contributed by atoms with Gasteiger partial charge in [-0.15, -0.1) is 0 Å². The summed E-state index contributed by atoms with van der Waals surface area (Å²) in [5.74, 6) is 0. The molecule has 1 saturated heterocycles. The molecule has 2 heterocycles. The molecule has 0 atom stereocenters. The second kappa shape index (κ2) is 7.40. The highest BCUT2D eigenvalue weighted by Gasteiger charge is 2.18. The maximum atomic E-state index is 5.39. The predicted molar refractivity (Wildman–Crippen MR) is 82.0 cm³/mol. The number of thiocarbonyl (C=S) groups is 1. The van der Waals surface area contributed by atoms with Gasteiger partial charge in [0, 0.05) is 51.7 Å². The van der Waals surface area contributed by atoms with Gasteiger partial charge in [0.15, 0.2) is 5.11 Å². The molecule has 1 fully saturated rings. The molecule has 1 N–H and O–H groups in total. The number of aromatic nitrogens is 1. The van der Waals surface area contributed by atoms with Gasteiger partial charge in [0.1, 0.15) is 0 Å². The van der Waals surface area contributed by atoms with E-state index in [4.69, 9.17) is 12.2 Å². The van der Waals surface area contributed by atoms with Crippen LogP contribution in [0.4, 0.5) is 0 Å². The lowest BCUT2D eigenvalue weighted by atomic mass is 10.2. The van der Waals surface area contributed by atoms with Crippen molar-refractivity contribution >= 4 is 17.3 Å². The Balaban J connectivity index is 1.75. The second-order valence-corrected chi connectivity index (χ2v) is 5.24. The molecule has 0 aromatic carbocycles. The first kappa shape index (κ1) is 14.2. The Morgan fingerprint density at radius 1 is 1.37 bits per heavy atom. The van der Waals surface area contributed by atoms with E-state index >= 15 is 0 Å². The molecular weight excluding hydrogens is 256 g/mol. The number of pyridine rings is 1. The van der Waals surface area contributed by atoms with Crippen LogP contribution in [0.25, 0.3) is 0 Å². The number of nitrogens with zero attached hydrogens (tertiary/aromatic N) is 3. The molecule has 1 aromatic rings. The third-order valence-corrected chi connectivity index (χ3v) is 3.72. The Kier molecular flexibility index (Phi) is 5.54. The van der Waals surface area contributed by atoms with E-state index < -0.39 is 0 Å². The molecule has 0 radical (unpaired) electrons. The van der Waals surface area contributed by atoms with E-state index in [0.29, 0.717) is 0 Å². The Hall–Kier alpha value is -1.20. The molecule has 0 saturated carbocycles. The lowest BCUT2D eigenvalue weighted by molar-refractivity contribution is 0.174. The zero-order valence-corrected chi connectivity index (χ0v) is 12.3. The average Bonchev–Trinajstić information content (AvgIpc) is 2.46. The summed E-state index contributed by atoms with van der Waals surface area (Å²) in [5.41, 5.74) is 1.28. The van der Waals surface area contributed by atoms with Crippen LogP contribution in [0.3, 0.4) is 0 Å². The third kappa shape index (κ3) is 4.44. The van der Waals surface area contributed by atoms with Crippen LogP contribution in [0.15, 0.2) is 24.5 Å². The summed E-state index contributed by atoms with van der Waals surface area (Å²) in [5, 5.41) is 4.20. The highest BCUT2D eigenvalue weighted by atomic mass is 32.1. The number of nitrogens with one attached hydrogen (secondary N) is 1. The van der Waals surface area contributed by atoms with E-state index in [1.165, 1.54) is 5.56 Å². The lowest BCUT2D eigenvalue weighted by Crippen LogP contribution is -2.51. The second-order valence-electron chi connectivity index (χ2n) is 4.86. The maximum absolute atomic E-state index is 5.39. The summed E-state index contributed by atoms with van der Waals surface area (Å²) in [4.78, 5) is 8.88. The van der Waals surface area contributed by atoms with E-state index in [9.17, 15) is 0 Å². The number of piperazine rings is 1. The van der Waals surface area contributed by atoms with Crippen molar-refractivity contribution in [2.75, 3.05) is 32.7 Å². The standard InChI is InChI=1S/C14H22N4S/c1-2-5-16-14(19)18-9-7-17(8-10-18)12-13-4-3-6-15-11-13/h3-4,6,11H,2,5,7-10,12H2,1H3,(H,16,19). The van der Waals surface area contributed by atoms with Crippen LogP contribution < -0.4 is 5.32 Å². The zero-order valence-electron chi connectivity index (χ0n) is 11.5. The average molecular weight is 278 g/mol. The Labute approximate surface area is 120 Å². The van der Waals surface area contributed by atoms with Gasteiger partial charge >= 0.3 is 0 Å². The van der Waals surface area contributed by atoms with Crippen LogP contribution in [0.5, 0.6) is 0 Å². The van der Waals surface area contributed by atoms with Gasteiger partial charge in [-0.25, -0.2) is 0 Å². The highest BCUT2D eigenvalue weighted by molar-refractivity contribution is 7.80. The van der Waals surface area contributed by atoms with Crippen molar-refractivity contribution in [1.82, 2.24) is 20.1 Å². The molecule has 0 aliphatic carbocycles. The smallest absolute Gasteiger partial charge is 0.169 e. The summed E-state index contributed by atoms with van der Waals surface area (Å²) in [6.07, 6.45) is 4.88. The summed E-state index contributed by atoms with van der Waals surface area (Å²) >= 11 is 5.39. The molecule has 0 amide bonds. The van der Waals surface area contributed by atoms with Crippen molar-refractivity contribution in [2.24, 2.45) is 0 Å². The predicted octanol–water partition coefficient (Wildman–Crippen LogP) is 1.48. The van der Waals surface area contributed by atoms with Gasteiger partial charge in [0.25, 0.3) is 0 Å². The van der Waals surface area contributed by atoms with Crippen molar-refractivity contribution in [3.05, 3.63) is 30.1 Å². The minimum atomic E-state index is 0.905. The van der Waals surface area contributed by atoms with Crippen molar-refractivity contribution in [2.45, 2.75) is 19.9 Å². The number of rotatable bonds is 4. The number of hydrogen-bond donors (Lipinski definition) is 1. The van der Waals surface area contributed by atoms with Crippen LogP contribution in [0, 0.1) is 0 Å². The zero-order chi connectivity index (χ0) is 13.5. The monoisotopic (exact) mass is 278 g/mol. The molecule has 0 spiro atoms. The topological polar surface area (TPSA) is 31.4 Å². The Morgan fingerprint density at radius 2 is 2.16 bits per heavy atom. The number of hydrogen-bond acceptors (Lipinski definition) is 3. The van der Waals surface area contributed by atoms with Crippen LogP contribution in [0.2, 0.25) is 0 Å². The fourth-order valence-corrected chi connectivity index (χ4v) is 2.49. The van der Waals surface area contributed by atoms with Crippen molar-refractivity contribution in [3.8, 4) is 0 Å². The molecule has 0 bridgehead atoms. The molecule has 4 nitrogen and oxygen atoms in total. The van der Waals surface area contributed by atoms with E-state index in [0.717, 1.165) is 50.8 Å². The third-order valence-electron chi connectivity index (χ3n) is 3.31. The van der Waals surface area contributed by atoms with Gasteiger partial charge in [-0.2, -0.15) is 0 Å². The molecule has 1 aromatic heterocycles. The van der Waals surface area contributed by atoms with Crippen molar-refractivity contribution in [3.63, 3.8) is 0 Å². The van der Waals surface area contributed by atoms with Gasteiger partial charge in [-0.05, 0) is 30.3 Å². The van der Waals surface area contributed by atoms with E-state index in [1.54, 1.807) is 0 Å². The summed E-state index contributed by atoms with van der Waals surface area (Å²) in [7, 11) is 0. The van der Waals surface area contributed by atoms with E-state index in [2.05, 4.69) is 33.1 Å². The van der Waals surface area contributed by atoms with Crippen LogP contribution in [-0.4, -0.2) is 52.6 Å². The first-order chi connectivity index (χ1) is 9.29. The van der Waals surface area contributed by atoms with Gasteiger partial charge in [-0.3, -0.25) is 9.88 Å². The normalized spacial score (nSPS) is 16.4. The van der Waals surface area contributed by atoms with Crippen LogP contribution in [0.1, 0.15) is 18.9 Å². The minimum absolute atomic E-state index is 0.905. The molecule has 1 aliphatic heterocycles. The molecule has 19 heavy (non-hydrogen) atoms. The van der Waals surface area contributed by atoms with E-state index in [1.807, 2.05) is 18.5 Å². The lowest BCUT2D eigenvalue weighted by Gasteiger charge is -2.36.